The van der Waals surface area contributed by atoms with Gasteiger partial charge in [-0.25, -0.2) is 9.31 Å². The van der Waals surface area contributed by atoms with Gasteiger partial charge in [-0.15, -0.1) is 0 Å². The zero-order chi connectivity index (χ0) is 31.4. The van der Waals surface area contributed by atoms with Crippen molar-refractivity contribution in [3.05, 3.63) is 59.5 Å². The lowest BCUT2D eigenvalue weighted by Crippen LogP contribution is -2.55. The van der Waals surface area contributed by atoms with Crippen LogP contribution in [0.1, 0.15) is 75.1 Å². The summed E-state index contributed by atoms with van der Waals surface area (Å²) in [5.74, 6) is -0.381. The molecule has 1 aliphatic heterocycles. The van der Waals surface area contributed by atoms with E-state index in [9.17, 15) is 14.7 Å². The van der Waals surface area contributed by atoms with Gasteiger partial charge in [0, 0.05) is 55.1 Å². The summed E-state index contributed by atoms with van der Waals surface area (Å²) >= 11 is 0. The average Bonchev–Trinajstić information content (AvgIpc) is 3.54. The van der Waals surface area contributed by atoms with Crippen LogP contribution in [0.5, 0.6) is 0 Å². The molecule has 12 heteroatoms. The van der Waals surface area contributed by atoms with Crippen LogP contribution in [0.3, 0.4) is 0 Å². The van der Waals surface area contributed by atoms with Gasteiger partial charge in [0.2, 0.25) is 0 Å². The zero-order valence-corrected chi connectivity index (χ0v) is 25.7. The number of aliphatic hydroxyl groups is 1. The van der Waals surface area contributed by atoms with Crippen LogP contribution >= 0.6 is 0 Å². The molecule has 12 nitrogen and oxygen atoms in total. The summed E-state index contributed by atoms with van der Waals surface area (Å²) < 4.78 is 9.01. The van der Waals surface area contributed by atoms with Gasteiger partial charge in [0.1, 0.15) is 17.4 Å². The minimum absolute atomic E-state index is 0.247. The molecule has 2 N–H and O–H groups in total. The second-order valence-corrected chi connectivity index (χ2v) is 13.3. The van der Waals surface area contributed by atoms with E-state index < -0.39 is 11.2 Å². The minimum atomic E-state index is -1.23. The Kier molecular flexibility index (Phi) is 7.34. The van der Waals surface area contributed by atoms with Gasteiger partial charge < -0.3 is 20.1 Å². The van der Waals surface area contributed by atoms with Crippen molar-refractivity contribution >= 4 is 34.1 Å². The van der Waals surface area contributed by atoms with Gasteiger partial charge in [0.15, 0.2) is 0 Å². The lowest BCUT2D eigenvalue weighted by Gasteiger charge is -2.46. The molecule has 1 aliphatic carbocycles. The number of carbonyl (C=O) groups is 2. The van der Waals surface area contributed by atoms with Crippen molar-refractivity contribution in [1.82, 2.24) is 29.2 Å². The van der Waals surface area contributed by atoms with Gasteiger partial charge in [-0.05, 0) is 77.8 Å². The summed E-state index contributed by atoms with van der Waals surface area (Å²) in [5, 5.41) is 33.1. The topological polar surface area (TPSA) is 141 Å². The Balaban J connectivity index is 1.14. The van der Waals surface area contributed by atoms with Crippen LogP contribution in [-0.2, 0) is 10.3 Å². The molecule has 4 aromatic rings. The lowest BCUT2D eigenvalue weighted by molar-refractivity contribution is -0.00140. The van der Waals surface area contributed by atoms with Gasteiger partial charge in [-0.1, -0.05) is 0 Å². The number of nitriles is 1. The van der Waals surface area contributed by atoms with Crippen molar-refractivity contribution in [3.8, 4) is 6.07 Å². The van der Waals surface area contributed by atoms with Crippen molar-refractivity contribution in [3.63, 3.8) is 0 Å². The van der Waals surface area contributed by atoms with Crippen LogP contribution in [0.4, 0.5) is 10.5 Å². The molecule has 2 fully saturated rings. The number of amides is 2. The molecule has 1 saturated heterocycles. The SMILES string of the molecule is CC(C)(C)OC(=O)N1CCN(C2CC(n3cc4cc(NC(=O)c5ccc6cc(C#N)cnn56)c(C(C)(C)O)cc4n3)C2)CC1. The monoisotopic (exact) mass is 598 g/mol. The lowest BCUT2D eigenvalue weighted by atomic mass is 9.85. The maximum atomic E-state index is 13.4. The summed E-state index contributed by atoms with van der Waals surface area (Å²) in [6, 6.07) is 11.5. The molecule has 4 heterocycles. The van der Waals surface area contributed by atoms with E-state index in [0.717, 1.165) is 36.8 Å². The first-order chi connectivity index (χ1) is 20.8. The summed E-state index contributed by atoms with van der Waals surface area (Å²) in [7, 11) is 0. The zero-order valence-electron chi connectivity index (χ0n) is 25.7. The minimum Gasteiger partial charge on any atom is -0.444 e. The van der Waals surface area contributed by atoms with E-state index >= 15 is 0 Å². The number of fused-ring (bicyclic) bond motifs is 2. The highest BCUT2D eigenvalue weighted by molar-refractivity contribution is 6.05. The predicted molar refractivity (Wildman–Crippen MR) is 164 cm³/mol. The summed E-state index contributed by atoms with van der Waals surface area (Å²) in [6.07, 6.45) is 5.09. The first kappa shape index (κ1) is 29.6. The van der Waals surface area contributed by atoms with E-state index in [1.165, 1.54) is 10.7 Å². The third-order valence-electron chi connectivity index (χ3n) is 8.38. The van der Waals surface area contributed by atoms with Crippen LogP contribution in [-0.4, -0.2) is 84.1 Å². The average molecular weight is 599 g/mol. The van der Waals surface area contributed by atoms with Crippen molar-refractivity contribution in [2.24, 2.45) is 0 Å². The standard InChI is InChI=1S/C32H38N8O4/c1-31(2,3)44-30(42)38-10-8-37(9-11-38)23-14-24(15-23)39-19-21-13-27(25(32(4,5)43)16-26(21)36-39)35-29(41)28-7-6-22-12-20(17-33)18-34-40(22)28/h6-7,12-13,16,18-19,23-24,43H,8-11,14-15H2,1-5H3,(H,35,41). The summed E-state index contributed by atoms with van der Waals surface area (Å²) in [5.41, 5.74) is 1.42. The molecule has 230 valence electrons. The molecule has 1 aromatic carbocycles. The van der Waals surface area contributed by atoms with E-state index in [2.05, 4.69) is 21.4 Å². The molecule has 0 unspecified atom stereocenters. The Hall–Kier alpha value is -4.47. The molecule has 1 saturated carbocycles. The Labute approximate surface area is 255 Å². The number of anilines is 1. The van der Waals surface area contributed by atoms with E-state index in [1.807, 2.05) is 43.8 Å². The molecule has 44 heavy (non-hydrogen) atoms. The molecule has 3 aromatic heterocycles. The van der Waals surface area contributed by atoms with Crippen LogP contribution in [0.25, 0.3) is 16.4 Å². The molecule has 0 bridgehead atoms. The van der Waals surface area contributed by atoms with E-state index in [1.54, 1.807) is 36.9 Å². The summed E-state index contributed by atoms with van der Waals surface area (Å²) in [6.45, 7) is 12.0. The van der Waals surface area contributed by atoms with Crippen LogP contribution < -0.4 is 5.32 Å². The fourth-order valence-electron chi connectivity index (χ4n) is 5.98. The first-order valence-electron chi connectivity index (χ1n) is 15.0. The maximum absolute atomic E-state index is 13.4. The van der Waals surface area contributed by atoms with E-state index in [0.29, 0.717) is 47.2 Å². The normalized spacial score (nSPS) is 19.5. The first-order valence-corrected chi connectivity index (χ1v) is 15.0. The Morgan fingerprint density at radius 3 is 2.43 bits per heavy atom. The molecule has 0 radical (unpaired) electrons. The van der Waals surface area contributed by atoms with Crippen molar-refractivity contribution in [2.75, 3.05) is 31.5 Å². The molecule has 0 atom stereocenters. The molecule has 6 rings (SSSR count). The van der Waals surface area contributed by atoms with Crippen LogP contribution in [0, 0.1) is 11.3 Å². The van der Waals surface area contributed by atoms with E-state index in [-0.39, 0.29) is 18.0 Å². The number of piperazine rings is 1. The number of nitrogens with zero attached hydrogens (tertiary/aromatic N) is 7. The Morgan fingerprint density at radius 2 is 1.77 bits per heavy atom. The second kappa shape index (κ2) is 10.9. The van der Waals surface area contributed by atoms with Crippen LogP contribution in [0.2, 0.25) is 0 Å². The van der Waals surface area contributed by atoms with E-state index in [4.69, 9.17) is 15.1 Å². The maximum Gasteiger partial charge on any atom is 0.410 e. The van der Waals surface area contributed by atoms with Gasteiger partial charge in [-0.2, -0.15) is 15.5 Å². The highest BCUT2D eigenvalue weighted by atomic mass is 16.6. The second-order valence-electron chi connectivity index (χ2n) is 13.3. The highest BCUT2D eigenvalue weighted by Gasteiger charge is 2.38. The van der Waals surface area contributed by atoms with Crippen molar-refractivity contribution < 1.29 is 19.4 Å². The quantitative estimate of drug-likeness (QED) is 0.347. The number of hydrogen-bond donors (Lipinski definition) is 2. The third-order valence-corrected chi connectivity index (χ3v) is 8.38. The largest absolute Gasteiger partial charge is 0.444 e. The Bertz CT molecular complexity index is 1770. The molecule has 2 aliphatic rings. The van der Waals surface area contributed by atoms with Gasteiger partial charge in [0.05, 0.1) is 34.4 Å². The summed E-state index contributed by atoms with van der Waals surface area (Å²) in [4.78, 5) is 30.0. The number of hydrogen-bond acceptors (Lipinski definition) is 8. The number of aromatic nitrogens is 4. The third kappa shape index (κ3) is 5.85. The highest BCUT2D eigenvalue weighted by Crippen LogP contribution is 2.38. The predicted octanol–water partition coefficient (Wildman–Crippen LogP) is 4.29. The number of ether oxygens (including phenoxy) is 1. The molecule has 0 spiro atoms. The molecular formula is C32H38N8O4. The van der Waals surface area contributed by atoms with Crippen molar-refractivity contribution in [2.45, 2.75) is 70.7 Å². The Morgan fingerprint density at radius 1 is 1.05 bits per heavy atom. The fourth-order valence-corrected chi connectivity index (χ4v) is 5.98. The number of carbonyl (C=O) groups excluding carboxylic acids is 2. The smallest absolute Gasteiger partial charge is 0.410 e. The van der Waals surface area contributed by atoms with Gasteiger partial charge in [0.25, 0.3) is 5.91 Å². The van der Waals surface area contributed by atoms with Gasteiger partial charge >= 0.3 is 6.09 Å². The number of rotatable bonds is 5. The number of benzene rings is 1. The molecular weight excluding hydrogens is 560 g/mol. The number of nitrogens with one attached hydrogen (secondary N) is 1. The van der Waals surface area contributed by atoms with Crippen molar-refractivity contribution in [1.29, 1.82) is 5.26 Å². The molecule has 2 amide bonds. The van der Waals surface area contributed by atoms with Crippen LogP contribution in [0.15, 0.2) is 42.7 Å². The van der Waals surface area contributed by atoms with Gasteiger partial charge in [-0.3, -0.25) is 14.4 Å². The fraction of sp³-hybridized carbons (Fsp3) is 0.469.